The lowest BCUT2D eigenvalue weighted by Crippen LogP contribution is -2.24. The van der Waals surface area contributed by atoms with E-state index in [1.165, 1.54) is 27.4 Å². The van der Waals surface area contributed by atoms with Crippen LogP contribution < -0.4 is 15.6 Å². The third-order valence-electron chi connectivity index (χ3n) is 4.79. The molecule has 144 valence electrons. The lowest BCUT2D eigenvalue weighted by Gasteiger charge is -2.18. The number of nitrogens with zero attached hydrogens (tertiary/aromatic N) is 3. The minimum atomic E-state index is -0.163. The lowest BCUT2D eigenvalue weighted by atomic mass is 9.97. The standard InChI is InChI=1S/C21H21BrN4O2/c22-18-3-4-19(24-12-18)14-28-20-10-21(27)26(25-13-20)8-6-15-1-2-17-11-23-7-5-16(17)9-15/h1-4,9-10,12-13,23H,5-8,11,14H2. The van der Waals surface area contributed by atoms with Gasteiger partial charge < -0.3 is 10.1 Å². The zero-order valence-corrected chi connectivity index (χ0v) is 17.0. The zero-order valence-electron chi connectivity index (χ0n) is 15.4. The fraction of sp³-hybridized carbons (Fsp3) is 0.286. The number of nitrogens with one attached hydrogen (secondary N) is 1. The maximum atomic E-state index is 12.3. The summed E-state index contributed by atoms with van der Waals surface area (Å²) in [5.74, 6) is 0.451. The van der Waals surface area contributed by atoms with E-state index in [0.717, 1.165) is 36.1 Å². The highest BCUT2D eigenvalue weighted by Crippen LogP contribution is 2.16. The van der Waals surface area contributed by atoms with E-state index in [9.17, 15) is 4.79 Å². The van der Waals surface area contributed by atoms with Gasteiger partial charge in [-0.25, -0.2) is 4.68 Å². The van der Waals surface area contributed by atoms with Gasteiger partial charge in [0.25, 0.3) is 5.56 Å². The van der Waals surface area contributed by atoms with Crippen LogP contribution in [0.25, 0.3) is 0 Å². The van der Waals surface area contributed by atoms with E-state index in [-0.39, 0.29) is 5.56 Å². The van der Waals surface area contributed by atoms with Crippen LogP contribution in [0.15, 0.2) is 58.1 Å². The molecule has 0 fully saturated rings. The molecule has 0 saturated carbocycles. The highest BCUT2D eigenvalue weighted by atomic mass is 79.9. The molecule has 0 bridgehead atoms. The zero-order chi connectivity index (χ0) is 19.3. The largest absolute Gasteiger partial charge is 0.485 e. The summed E-state index contributed by atoms with van der Waals surface area (Å²) in [6.07, 6.45) is 5.13. The van der Waals surface area contributed by atoms with Crippen molar-refractivity contribution in [3.05, 3.63) is 86.0 Å². The molecule has 0 spiro atoms. The molecule has 0 amide bonds. The van der Waals surface area contributed by atoms with Crippen LogP contribution in [0.5, 0.6) is 5.75 Å². The molecule has 1 aliphatic heterocycles. The van der Waals surface area contributed by atoms with Crippen LogP contribution >= 0.6 is 15.9 Å². The van der Waals surface area contributed by atoms with Crippen molar-refractivity contribution in [3.63, 3.8) is 0 Å². The number of hydrogen-bond donors (Lipinski definition) is 1. The second-order valence-corrected chi connectivity index (χ2v) is 7.70. The normalized spacial score (nSPS) is 13.2. The Morgan fingerprint density at radius 2 is 2.07 bits per heavy atom. The van der Waals surface area contributed by atoms with Gasteiger partial charge in [-0.05, 0) is 64.1 Å². The fourth-order valence-corrected chi connectivity index (χ4v) is 3.47. The number of hydrogen-bond acceptors (Lipinski definition) is 5. The third kappa shape index (κ3) is 4.66. The topological polar surface area (TPSA) is 69.0 Å². The van der Waals surface area contributed by atoms with Crippen LogP contribution in [0, 0.1) is 0 Å². The SMILES string of the molecule is O=c1cc(OCc2ccc(Br)cn2)cnn1CCc1ccc2c(c1)CCNC2. The van der Waals surface area contributed by atoms with E-state index in [0.29, 0.717) is 18.9 Å². The van der Waals surface area contributed by atoms with Crippen molar-refractivity contribution in [2.45, 2.75) is 32.5 Å². The third-order valence-corrected chi connectivity index (χ3v) is 5.26. The quantitative estimate of drug-likeness (QED) is 0.637. The van der Waals surface area contributed by atoms with E-state index >= 15 is 0 Å². The van der Waals surface area contributed by atoms with E-state index in [4.69, 9.17) is 4.74 Å². The van der Waals surface area contributed by atoms with Crippen molar-refractivity contribution in [3.8, 4) is 5.75 Å². The summed E-state index contributed by atoms with van der Waals surface area (Å²) in [6, 6.07) is 11.8. The number of halogens is 1. The Labute approximate surface area is 171 Å². The average Bonchev–Trinajstić information content (AvgIpc) is 2.72. The van der Waals surface area contributed by atoms with Crippen molar-refractivity contribution in [2.24, 2.45) is 0 Å². The van der Waals surface area contributed by atoms with E-state index in [1.807, 2.05) is 12.1 Å². The first kappa shape index (κ1) is 18.8. The number of rotatable bonds is 6. The molecule has 0 saturated heterocycles. The molecular formula is C21H21BrN4O2. The molecule has 0 radical (unpaired) electrons. The van der Waals surface area contributed by atoms with Crippen LogP contribution in [0.2, 0.25) is 0 Å². The minimum absolute atomic E-state index is 0.163. The van der Waals surface area contributed by atoms with Gasteiger partial charge in [0.15, 0.2) is 0 Å². The predicted molar refractivity (Wildman–Crippen MR) is 110 cm³/mol. The van der Waals surface area contributed by atoms with Gasteiger partial charge in [-0.2, -0.15) is 5.10 Å². The van der Waals surface area contributed by atoms with Gasteiger partial charge in [-0.1, -0.05) is 18.2 Å². The number of aryl methyl sites for hydroxylation is 2. The monoisotopic (exact) mass is 440 g/mol. The highest BCUT2D eigenvalue weighted by Gasteiger charge is 2.09. The first-order valence-electron chi connectivity index (χ1n) is 9.29. The highest BCUT2D eigenvalue weighted by molar-refractivity contribution is 9.10. The molecule has 3 aromatic rings. The Morgan fingerprint density at radius 1 is 1.14 bits per heavy atom. The molecule has 0 unspecified atom stereocenters. The van der Waals surface area contributed by atoms with Crippen molar-refractivity contribution in [1.29, 1.82) is 0 Å². The molecule has 6 nitrogen and oxygen atoms in total. The first-order valence-corrected chi connectivity index (χ1v) is 10.1. The molecular weight excluding hydrogens is 420 g/mol. The molecule has 1 N–H and O–H groups in total. The lowest BCUT2D eigenvalue weighted by molar-refractivity contribution is 0.297. The molecule has 0 atom stereocenters. The second-order valence-electron chi connectivity index (χ2n) is 6.79. The van der Waals surface area contributed by atoms with Crippen molar-refractivity contribution >= 4 is 15.9 Å². The van der Waals surface area contributed by atoms with E-state index in [1.54, 1.807) is 12.4 Å². The van der Waals surface area contributed by atoms with Gasteiger partial charge in [0, 0.05) is 29.8 Å². The molecule has 28 heavy (non-hydrogen) atoms. The Morgan fingerprint density at radius 3 is 2.89 bits per heavy atom. The Balaban J connectivity index is 1.36. The van der Waals surface area contributed by atoms with Gasteiger partial charge in [0.2, 0.25) is 0 Å². The van der Waals surface area contributed by atoms with Crippen molar-refractivity contribution in [1.82, 2.24) is 20.1 Å². The average molecular weight is 441 g/mol. The smallest absolute Gasteiger partial charge is 0.270 e. The summed E-state index contributed by atoms with van der Waals surface area (Å²) in [5.41, 5.74) is 4.63. The summed E-state index contributed by atoms with van der Waals surface area (Å²) in [6.45, 7) is 2.80. The van der Waals surface area contributed by atoms with E-state index < -0.39 is 0 Å². The van der Waals surface area contributed by atoms with Gasteiger partial charge in [-0.3, -0.25) is 9.78 Å². The number of ether oxygens (including phenoxy) is 1. The van der Waals surface area contributed by atoms with Crippen LogP contribution in [0.3, 0.4) is 0 Å². The maximum Gasteiger partial charge on any atom is 0.270 e. The fourth-order valence-electron chi connectivity index (χ4n) is 3.23. The Bertz CT molecular complexity index is 1020. The maximum absolute atomic E-state index is 12.3. The molecule has 1 aromatic carbocycles. The summed E-state index contributed by atoms with van der Waals surface area (Å²) < 4.78 is 8.02. The summed E-state index contributed by atoms with van der Waals surface area (Å²) >= 11 is 3.35. The summed E-state index contributed by atoms with van der Waals surface area (Å²) in [4.78, 5) is 16.6. The van der Waals surface area contributed by atoms with Gasteiger partial charge >= 0.3 is 0 Å². The number of pyridine rings is 1. The van der Waals surface area contributed by atoms with Gasteiger partial charge in [0.05, 0.1) is 11.9 Å². The first-order chi connectivity index (χ1) is 13.7. The van der Waals surface area contributed by atoms with Crippen LogP contribution in [0.1, 0.15) is 22.4 Å². The van der Waals surface area contributed by atoms with Crippen LogP contribution in [-0.4, -0.2) is 21.3 Å². The van der Waals surface area contributed by atoms with Crippen LogP contribution in [-0.2, 0) is 32.5 Å². The number of fused-ring (bicyclic) bond motifs is 1. The summed E-state index contributed by atoms with van der Waals surface area (Å²) in [7, 11) is 0. The molecule has 3 heterocycles. The second kappa shape index (κ2) is 8.67. The van der Waals surface area contributed by atoms with Crippen molar-refractivity contribution in [2.75, 3.05) is 6.54 Å². The molecule has 2 aromatic heterocycles. The molecule has 7 heteroatoms. The molecule has 1 aliphatic rings. The Hall–Kier alpha value is -2.51. The number of benzene rings is 1. The number of aromatic nitrogens is 3. The minimum Gasteiger partial charge on any atom is -0.485 e. The molecule has 4 rings (SSSR count). The van der Waals surface area contributed by atoms with Gasteiger partial charge in [0.1, 0.15) is 12.4 Å². The van der Waals surface area contributed by atoms with Gasteiger partial charge in [-0.15, -0.1) is 0 Å². The van der Waals surface area contributed by atoms with E-state index in [2.05, 4.69) is 49.5 Å². The summed E-state index contributed by atoms with van der Waals surface area (Å²) in [5, 5.41) is 7.63. The molecule has 0 aliphatic carbocycles. The Kier molecular flexibility index (Phi) is 5.83. The van der Waals surface area contributed by atoms with Crippen LogP contribution in [0.4, 0.5) is 0 Å². The van der Waals surface area contributed by atoms with Crippen molar-refractivity contribution < 1.29 is 4.74 Å². The predicted octanol–water partition coefficient (Wildman–Crippen LogP) is 2.87.